The second kappa shape index (κ2) is 6.87. The van der Waals surface area contributed by atoms with Gasteiger partial charge in [-0.1, -0.05) is 29.5 Å². The third-order valence-corrected chi connectivity index (χ3v) is 6.49. The van der Waals surface area contributed by atoms with Gasteiger partial charge in [0.15, 0.2) is 0 Å². The van der Waals surface area contributed by atoms with Crippen LogP contribution in [0, 0.1) is 0 Å². The highest BCUT2D eigenvalue weighted by atomic mass is 32.1. The van der Waals surface area contributed by atoms with Crippen LogP contribution in [0.5, 0.6) is 0 Å². The van der Waals surface area contributed by atoms with Gasteiger partial charge in [0.2, 0.25) is 0 Å². The van der Waals surface area contributed by atoms with Gasteiger partial charge >= 0.3 is 0 Å². The highest BCUT2D eigenvalue weighted by Gasteiger charge is 2.28. The lowest BCUT2D eigenvalue weighted by atomic mass is 10.00. The van der Waals surface area contributed by atoms with Gasteiger partial charge in [0, 0.05) is 17.0 Å². The van der Waals surface area contributed by atoms with E-state index in [1.165, 1.54) is 10.4 Å². The second-order valence-corrected chi connectivity index (χ2v) is 8.16. The smallest absolute Gasteiger partial charge is 0.254 e. The Labute approximate surface area is 167 Å². The highest BCUT2D eigenvalue weighted by Crippen LogP contribution is 2.33. The van der Waals surface area contributed by atoms with Crippen molar-refractivity contribution in [2.24, 2.45) is 0 Å². The molecule has 1 aliphatic heterocycles. The summed E-state index contributed by atoms with van der Waals surface area (Å²) in [5.74, 6) is 0.0992. The summed E-state index contributed by atoms with van der Waals surface area (Å²) >= 11 is 1.79. The zero-order valence-corrected chi connectivity index (χ0v) is 16.4. The average Bonchev–Trinajstić information content (AvgIpc) is 3.36. The standard InChI is InChI=1S/C22H20N4OS/c1-15-18-11-13-28-21(18)10-12-25(15)22(27)17-8-6-16(7-9-17)14-26-20-5-3-2-4-19(20)23-24-26/h2-9,11,13,15H,10,12,14H2,1H3/t15-/m0/s1. The number of carbonyl (C=O) groups is 1. The molecule has 1 aliphatic rings. The number of amides is 1. The van der Waals surface area contributed by atoms with Gasteiger partial charge in [0.1, 0.15) is 5.52 Å². The summed E-state index contributed by atoms with van der Waals surface area (Å²) in [5.41, 5.74) is 5.02. The van der Waals surface area contributed by atoms with Crippen molar-refractivity contribution in [1.82, 2.24) is 19.9 Å². The molecular formula is C22H20N4OS. The molecule has 0 fully saturated rings. The number of hydrogen-bond donors (Lipinski definition) is 0. The number of benzene rings is 2. The normalized spacial score (nSPS) is 16.3. The van der Waals surface area contributed by atoms with E-state index in [0.29, 0.717) is 6.54 Å². The summed E-state index contributed by atoms with van der Waals surface area (Å²) in [6.45, 7) is 3.53. The minimum absolute atomic E-state index is 0.0992. The summed E-state index contributed by atoms with van der Waals surface area (Å²) in [6, 6.07) is 18.1. The number of para-hydroxylation sites is 1. The molecule has 6 heteroatoms. The van der Waals surface area contributed by atoms with Crippen LogP contribution in [-0.4, -0.2) is 32.3 Å². The van der Waals surface area contributed by atoms with E-state index in [9.17, 15) is 4.79 Å². The Morgan fingerprint density at radius 3 is 2.82 bits per heavy atom. The molecule has 0 aliphatic carbocycles. The van der Waals surface area contributed by atoms with Crippen molar-refractivity contribution in [2.75, 3.05) is 6.54 Å². The van der Waals surface area contributed by atoms with Crippen molar-refractivity contribution in [2.45, 2.75) is 25.9 Å². The minimum Gasteiger partial charge on any atom is -0.331 e. The van der Waals surface area contributed by atoms with E-state index in [-0.39, 0.29) is 11.9 Å². The summed E-state index contributed by atoms with van der Waals surface area (Å²) in [7, 11) is 0. The second-order valence-electron chi connectivity index (χ2n) is 7.16. The van der Waals surface area contributed by atoms with Gasteiger partial charge in [0.25, 0.3) is 5.91 Å². The number of fused-ring (bicyclic) bond motifs is 2. The van der Waals surface area contributed by atoms with Crippen LogP contribution in [0.1, 0.15) is 39.3 Å². The molecule has 3 heterocycles. The van der Waals surface area contributed by atoms with E-state index in [1.807, 2.05) is 58.1 Å². The van der Waals surface area contributed by atoms with Gasteiger partial charge in [-0.15, -0.1) is 16.4 Å². The van der Waals surface area contributed by atoms with Crippen LogP contribution >= 0.6 is 11.3 Å². The molecule has 0 N–H and O–H groups in total. The topological polar surface area (TPSA) is 51.0 Å². The van der Waals surface area contributed by atoms with Crippen LogP contribution in [0.2, 0.25) is 0 Å². The van der Waals surface area contributed by atoms with E-state index in [0.717, 1.165) is 35.1 Å². The third kappa shape index (κ3) is 2.90. The van der Waals surface area contributed by atoms with Gasteiger partial charge in [-0.3, -0.25) is 4.79 Å². The Balaban J connectivity index is 1.34. The third-order valence-electron chi connectivity index (χ3n) is 5.49. The maximum Gasteiger partial charge on any atom is 0.254 e. The van der Waals surface area contributed by atoms with E-state index in [4.69, 9.17) is 0 Å². The van der Waals surface area contributed by atoms with Gasteiger partial charge in [-0.2, -0.15) is 0 Å². The number of rotatable bonds is 3. The molecule has 0 saturated heterocycles. The lowest BCUT2D eigenvalue weighted by Gasteiger charge is -2.33. The van der Waals surface area contributed by atoms with Crippen LogP contribution in [0.4, 0.5) is 0 Å². The first-order valence-electron chi connectivity index (χ1n) is 9.45. The molecular weight excluding hydrogens is 368 g/mol. The molecule has 5 rings (SSSR count). The van der Waals surface area contributed by atoms with Crippen molar-refractivity contribution in [3.05, 3.63) is 81.5 Å². The fourth-order valence-electron chi connectivity index (χ4n) is 3.91. The van der Waals surface area contributed by atoms with Gasteiger partial charge in [0.05, 0.1) is 18.1 Å². The van der Waals surface area contributed by atoms with E-state index in [1.54, 1.807) is 11.3 Å². The van der Waals surface area contributed by atoms with Crippen LogP contribution in [0.15, 0.2) is 60.0 Å². The SMILES string of the molecule is C[C@H]1c2ccsc2CCN1C(=O)c1ccc(Cn2nnc3ccccc32)cc1. The molecule has 1 amide bonds. The molecule has 0 radical (unpaired) electrons. The lowest BCUT2D eigenvalue weighted by Crippen LogP contribution is -2.38. The fourth-order valence-corrected chi connectivity index (χ4v) is 4.88. The first-order chi connectivity index (χ1) is 13.7. The van der Waals surface area contributed by atoms with Crippen LogP contribution in [0.25, 0.3) is 11.0 Å². The maximum atomic E-state index is 13.0. The number of aromatic nitrogens is 3. The van der Waals surface area contributed by atoms with E-state index in [2.05, 4.69) is 28.7 Å². The van der Waals surface area contributed by atoms with Crippen molar-refractivity contribution in [1.29, 1.82) is 0 Å². The van der Waals surface area contributed by atoms with Crippen molar-refractivity contribution in [3.8, 4) is 0 Å². The van der Waals surface area contributed by atoms with Crippen molar-refractivity contribution >= 4 is 28.3 Å². The molecule has 2 aromatic heterocycles. The Morgan fingerprint density at radius 2 is 1.96 bits per heavy atom. The Hall–Kier alpha value is -2.99. The molecule has 140 valence electrons. The Kier molecular flexibility index (Phi) is 4.20. The van der Waals surface area contributed by atoms with Crippen LogP contribution < -0.4 is 0 Å². The number of nitrogens with zero attached hydrogens (tertiary/aromatic N) is 4. The first kappa shape index (κ1) is 17.1. The van der Waals surface area contributed by atoms with Gasteiger partial charge < -0.3 is 4.90 Å². The number of carbonyl (C=O) groups excluding carboxylic acids is 1. The first-order valence-corrected chi connectivity index (χ1v) is 10.3. The maximum absolute atomic E-state index is 13.0. The Morgan fingerprint density at radius 1 is 1.14 bits per heavy atom. The molecule has 4 aromatic rings. The predicted molar refractivity (Wildman–Crippen MR) is 111 cm³/mol. The molecule has 5 nitrogen and oxygen atoms in total. The molecule has 28 heavy (non-hydrogen) atoms. The largest absolute Gasteiger partial charge is 0.331 e. The van der Waals surface area contributed by atoms with Gasteiger partial charge in [-0.05, 0) is 60.2 Å². The lowest BCUT2D eigenvalue weighted by molar-refractivity contribution is 0.0679. The number of hydrogen-bond acceptors (Lipinski definition) is 4. The van der Waals surface area contributed by atoms with Gasteiger partial charge in [-0.25, -0.2) is 4.68 Å². The Bertz CT molecular complexity index is 1140. The molecule has 0 spiro atoms. The van der Waals surface area contributed by atoms with Crippen LogP contribution in [-0.2, 0) is 13.0 Å². The fraction of sp³-hybridized carbons (Fsp3) is 0.227. The zero-order valence-electron chi connectivity index (χ0n) is 15.6. The quantitative estimate of drug-likeness (QED) is 0.526. The summed E-state index contributed by atoms with van der Waals surface area (Å²) < 4.78 is 1.89. The summed E-state index contributed by atoms with van der Waals surface area (Å²) in [4.78, 5) is 16.4. The monoisotopic (exact) mass is 388 g/mol. The van der Waals surface area contributed by atoms with E-state index >= 15 is 0 Å². The van der Waals surface area contributed by atoms with Crippen molar-refractivity contribution < 1.29 is 4.79 Å². The molecule has 0 unspecified atom stereocenters. The molecule has 0 saturated carbocycles. The predicted octanol–water partition coefficient (Wildman–Crippen LogP) is 4.30. The molecule has 2 aromatic carbocycles. The zero-order chi connectivity index (χ0) is 19.1. The van der Waals surface area contributed by atoms with Crippen molar-refractivity contribution in [3.63, 3.8) is 0 Å². The molecule has 0 bridgehead atoms. The average molecular weight is 388 g/mol. The van der Waals surface area contributed by atoms with E-state index < -0.39 is 0 Å². The highest BCUT2D eigenvalue weighted by molar-refractivity contribution is 7.10. The number of thiophene rings is 1. The van der Waals surface area contributed by atoms with Crippen LogP contribution in [0.3, 0.4) is 0 Å². The molecule has 1 atom stereocenters. The summed E-state index contributed by atoms with van der Waals surface area (Å²) in [5, 5.41) is 10.6. The minimum atomic E-state index is 0.0992. The summed E-state index contributed by atoms with van der Waals surface area (Å²) in [6.07, 6.45) is 0.945.